The van der Waals surface area contributed by atoms with Crippen LogP contribution in [0.15, 0.2) is 48.0 Å². The maximum atomic E-state index is 13.1. The highest BCUT2D eigenvalue weighted by molar-refractivity contribution is 5.92. The lowest BCUT2D eigenvalue weighted by atomic mass is 9.83. The predicted octanol–water partition coefficient (Wildman–Crippen LogP) is 4.89. The molecular formula is C22H19F3N2O2. The topological polar surface area (TPSA) is 55.6 Å². The Labute approximate surface area is 165 Å². The molecule has 4 nitrogen and oxygen atoms in total. The van der Waals surface area contributed by atoms with Gasteiger partial charge in [-0.1, -0.05) is 35.9 Å². The number of nitrogens with zero attached hydrogens (tertiary/aromatic N) is 1. The second-order valence-corrected chi connectivity index (χ2v) is 7.80. The van der Waals surface area contributed by atoms with Crippen molar-refractivity contribution in [3.05, 3.63) is 59.2 Å². The molecule has 7 heteroatoms. The summed E-state index contributed by atoms with van der Waals surface area (Å²) in [4.78, 5) is 13.0. The summed E-state index contributed by atoms with van der Waals surface area (Å²) in [5, 5.41) is 0. The summed E-state index contributed by atoms with van der Waals surface area (Å²) in [6, 6.07) is 12.3. The van der Waals surface area contributed by atoms with Crippen LogP contribution in [0.3, 0.4) is 0 Å². The van der Waals surface area contributed by atoms with Crippen LogP contribution in [0.25, 0.3) is 5.57 Å². The second-order valence-electron chi connectivity index (χ2n) is 7.80. The van der Waals surface area contributed by atoms with E-state index in [-0.39, 0.29) is 0 Å². The van der Waals surface area contributed by atoms with E-state index in [0.29, 0.717) is 42.9 Å². The van der Waals surface area contributed by atoms with Crippen molar-refractivity contribution in [1.29, 1.82) is 0 Å². The number of para-hydroxylation sites is 2. The van der Waals surface area contributed by atoms with Crippen LogP contribution in [-0.4, -0.2) is 29.1 Å². The molecule has 2 bridgehead atoms. The number of hydrogen-bond acceptors (Lipinski definition) is 3. The van der Waals surface area contributed by atoms with Gasteiger partial charge in [0.2, 0.25) is 0 Å². The first-order chi connectivity index (χ1) is 13.8. The molecule has 29 heavy (non-hydrogen) atoms. The van der Waals surface area contributed by atoms with Gasteiger partial charge in [0.1, 0.15) is 5.75 Å². The molecule has 3 heterocycles. The van der Waals surface area contributed by atoms with Crippen molar-refractivity contribution < 1.29 is 22.7 Å². The van der Waals surface area contributed by atoms with Crippen LogP contribution in [0.1, 0.15) is 36.8 Å². The highest BCUT2D eigenvalue weighted by atomic mass is 19.4. The summed E-state index contributed by atoms with van der Waals surface area (Å²) in [5.41, 5.74) is 10.5. The number of anilines is 1. The Bertz CT molecular complexity index is 1030. The van der Waals surface area contributed by atoms with Crippen LogP contribution in [0.5, 0.6) is 11.5 Å². The van der Waals surface area contributed by atoms with Gasteiger partial charge in [0, 0.05) is 23.2 Å². The quantitative estimate of drug-likeness (QED) is 0.547. The lowest BCUT2D eigenvalue weighted by Crippen LogP contribution is -2.50. The number of rotatable bonds is 0. The van der Waals surface area contributed by atoms with E-state index in [1.165, 1.54) is 0 Å². The Balaban J connectivity index is 1.62. The van der Waals surface area contributed by atoms with Gasteiger partial charge >= 0.3 is 12.1 Å². The van der Waals surface area contributed by atoms with Crippen molar-refractivity contribution in [3.63, 3.8) is 0 Å². The molecule has 2 atom stereocenters. The van der Waals surface area contributed by atoms with E-state index in [1.54, 1.807) is 6.07 Å². The van der Waals surface area contributed by atoms with Crippen molar-refractivity contribution in [1.82, 2.24) is 4.90 Å². The maximum absolute atomic E-state index is 13.1. The van der Waals surface area contributed by atoms with Gasteiger partial charge in [0.05, 0.1) is 5.69 Å². The zero-order valence-electron chi connectivity index (χ0n) is 15.5. The third kappa shape index (κ3) is 2.79. The number of nitrogens with two attached hydrogens (primary N) is 1. The number of hydrogen-bond donors (Lipinski definition) is 1. The molecule has 2 unspecified atom stereocenters. The van der Waals surface area contributed by atoms with E-state index in [2.05, 4.69) is 0 Å². The van der Waals surface area contributed by atoms with E-state index in [4.69, 9.17) is 10.5 Å². The first kappa shape index (κ1) is 18.1. The molecular weight excluding hydrogens is 381 g/mol. The number of nitrogen functional groups attached to an aromatic ring is 1. The Hall–Kier alpha value is -2.96. The smallest absolute Gasteiger partial charge is 0.454 e. The summed E-state index contributed by atoms with van der Waals surface area (Å²) < 4.78 is 45.2. The summed E-state index contributed by atoms with van der Waals surface area (Å²) in [7, 11) is 0. The minimum absolute atomic E-state index is 0.426. The van der Waals surface area contributed by atoms with Crippen LogP contribution in [0.2, 0.25) is 0 Å². The molecule has 3 aliphatic heterocycles. The van der Waals surface area contributed by atoms with Gasteiger partial charge in [-0.3, -0.25) is 4.79 Å². The van der Waals surface area contributed by atoms with Gasteiger partial charge in [-0.05, 0) is 43.4 Å². The van der Waals surface area contributed by atoms with E-state index in [0.717, 1.165) is 27.2 Å². The fourth-order valence-corrected chi connectivity index (χ4v) is 4.96. The molecule has 0 aromatic heterocycles. The summed E-state index contributed by atoms with van der Waals surface area (Å²) >= 11 is 0. The monoisotopic (exact) mass is 400 g/mol. The van der Waals surface area contributed by atoms with Crippen LogP contribution >= 0.6 is 0 Å². The molecule has 0 spiro atoms. The van der Waals surface area contributed by atoms with Crippen molar-refractivity contribution in [2.75, 3.05) is 5.73 Å². The molecule has 1 amide bonds. The van der Waals surface area contributed by atoms with Gasteiger partial charge in [-0.25, -0.2) is 0 Å². The van der Waals surface area contributed by atoms with Crippen molar-refractivity contribution in [2.24, 2.45) is 0 Å². The Morgan fingerprint density at radius 3 is 2.34 bits per heavy atom. The Morgan fingerprint density at radius 1 is 1.00 bits per heavy atom. The molecule has 2 aromatic carbocycles. The van der Waals surface area contributed by atoms with Crippen molar-refractivity contribution in [2.45, 2.75) is 43.9 Å². The van der Waals surface area contributed by atoms with Gasteiger partial charge < -0.3 is 15.4 Å². The van der Waals surface area contributed by atoms with Crippen LogP contribution in [0.4, 0.5) is 18.9 Å². The first-order valence-corrected chi connectivity index (χ1v) is 9.62. The minimum Gasteiger partial charge on any atom is -0.454 e. The van der Waals surface area contributed by atoms with Crippen molar-refractivity contribution in [3.8, 4) is 11.5 Å². The van der Waals surface area contributed by atoms with Gasteiger partial charge in [-0.2, -0.15) is 13.2 Å². The predicted molar refractivity (Wildman–Crippen MR) is 102 cm³/mol. The number of carbonyl (C=O) groups excluding carboxylic acids is 1. The number of alkyl halides is 3. The number of carbonyl (C=O) groups is 1. The average Bonchev–Trinajstić information content (AvgIpc) is 2.94. The SMILES string of the molecule is Nc1cccc2c1Oc1ccccc1C2=C1CC2CCC(C1)N2C(=O)C(F)(F)F. The number of fused-ring (bicyclic) bond motifs is 4. The molecule has 0 aliphatic carbocycles. The Kier molecular flexibility index (Phi) is 3.91. The number of benzene rings is 2. The van der Waals surface area contributed by atoms with Gasteiger partial charge in [0.25, 0.3) is 0 Å². The largest absolute Gasteiger partial charge is 0.471 e. The molecule has 0 saturated carbocycles. The number of amides is 1. The fraction of sp³-hybridized carbons (Fsp3) is 0.318. The number of piperidine rings is 1. The average molecular weight is 400 g/mol. The van der Waals surface area contributed by atoms with E-state index in [9.17, 15) is 18.0 Å². The highest BCUT2D eigenvalue weighted by Crippen LogP contribution is 2.51. The van der Waals surface area contributed by atoms with E-state index >= 15 is 0 Å². The fourth-order valence-electron chi connectivity index (χ4n) is 4.96. The molecule has 3 aliphatic rings. The molecule has 0 radical (unpaired) electrons. The lowest BCUT2D eigenvalue weighted by molar-refractivity contribution is -0.189. The summed E-state index contributed by atoms with van der Waals surface area (Å²) in [5.74, 6) is -0.456. The summed E-state index contributed by atoms with van der Waals surface area (Å²) in [6.07, 6.45) is -2.80. The van der Waals surface area contributed by atoms with Crippen LogP contribution in [0, 0.1) is 0 Å². The van der Waals surface area contributed by atoms with Crippen molar-refractivity contribution >= 4 is 17.2 Å². The standard InChI is InChI=1S/C22H19F3N2O2/c23-22(24,25)21(28)27-13-8-9-14(27)11-12(10-13)19-15-4-1-2-7-18(15)29-20-16(19)5-3-6-17(20)26/h1-7,13-14H,8-11,26H2. The van der Waals surface area contributed by atoms with Crippen LogP contribution < -0.4 is 10.5 Å². The number of halogens is 3. The molecule has 2 aromatic rings. The second kappa shape index (κ2) is 6.27. The molecule has 2 saturated heterocycles. The highest BCUT2D eigenvalue weighted by Gasteiger charge is 2.51. The molecule has 150 valence electrons. The summed E-state index contributed by atoms with van der Waals surface area (Å²) in [6.45, 7) is 0. The normalized spacial score (nSPS) is 22.8. The molecule has 2 fully saturated rings. The van der Waals surface area contributed by atoms with Gasteiger partial charge in [-0.15, -0.1) is 0 Å². The van der Waals surface area contributed by atoms with Gasteiger partial charge in [0.15, 0.2) is 5.75 Å². The van der Waals surface area contributed by atoms with Crippen LogP contribution in [-0.2, 0) is 4.79 Å². The maximum Gasteiger partial charge on any atom is 0.471 e. The third-order valence-corrected chi connectivity index (χ3v) is 6.10. The minimum atomic E-state index is -4.84. The number of ether oxygens (including phenoxy) is 1. The van der Waals surface area contributed by atoms with E-state index < -0.39 is 24.2 Å². The third-order valence-electron chi connectivity index (χ3n) is 6.10. The molecule has 5 rings (SSSR count). The Morgan fingerprint density at radius 2 is 1.66 bits per heavy atom. The zero-order valence-corrected chi connectivity index (χ0v) is 15.5. The van der Waals surface area contributed by atoms with E-state index in [1.807, 2.05) is 36.4 Å². The zero-order chi connectivity index (χ0) is 20.3. The molecule has 2 N–H and O–H groups in total. The lowest BCUT2D eigenvalue weighted by Gasteiger charge is -2.38. The first-order valence-electron chi connectivity index (χ1n) is 9.62.